The Bertz CT molecular complexity index is 99.9. The smallest absolute Gasteiger partial charge is 0.189 e. The van der Waals surface area contributed by atoms with Crippen LogP contribution in [0.15, 0.2) is 10.3 Å². The Morgan fingerprint density at radius 1 is 1.57 bits per heavy atom. The van der Waals surface area contributed by atoms with E-state index >= 15 is 0 Å². The van der Waals surface area contributed by atoms with Crippen molar-refractivity contribution in [2.24, 2.45) is 10.3 Å². The summed E-state index contributed by atoms with van der Waals surface area (Å²) < 4.78 is 0. The van der Waals surface area contributed by atoms with Crippen molar-refractivity contribution in [3.8, 4) is 0 Å². The fraction of sp³-hybridized carbons (Fsp3) is 0. The van der Waals surface area contributed by atoms with Crippen LogP contribution in [0.1, 0.15) is 0 Å². The Kier molecular flexibility index (Phi) is 3.04. The third-order valence-electron chi connectivity index (χ3n) is 0.260. The molecule has 0 fully saturated rings. The number of oxime groups is 2. The molecule has 0 aromatic carbocycles. The molecule has 5 heteroatoms. The van der Waals surface area contributed by atoms with Gasteiger partial charge in [0.25, 0.3) is 0 Å². The van der Waals surface area contributed by atoms with Crippen LogP contribution >= 0.6 is 11.6 Å². The molecule has 0 heterocycles. The Hall–Kier alpha value is -0.770. The van der Waals surface area contributed by atoms with Crippen LogP contribution in [0.4, 0.5) is 0 Å². The molecule has 0 atom stereocenters. The molecule has 0 saturated carbocycles. The van der Waals surface area contributed by atoms with Crippen molar-refractivity contribution in [1.82, 2.24) is 0 Å². The van der Waals surface area contributed by atoms with Crippen LogP contribution in [0, 0.1) is 0 Å². The lowest BCUT2D eigenvalue weighted by Gasteiger charge is -1.74. The monoisotopic (exact) mass is 122 g/mol. The zero-order valence-electron chi connectivity index (χ0n) is 3.24. The van der Waals surface area contributed by atoms with Crippen LogP contribution < -0.4 is 0 Å². The van der Waals surface area contributed by atoms with Crippen LogP contribution in [0.2, 0.25) is 0 Å². The van der Waals surface area contributed by atoms with Crippen LogP contribution in [-0.4, -0.2) is 21.8 Å². The molecule has 0 spiro atoms. The van der Waals surface area contributed by atoms with E-state index in [1.807, 2.05) is 0 Å². The van der Waals surface area contributed by atoms with Gasteiger partial charge in [0.1, 0.15) is 6.21 Å². The van der Waals surface area contributed by atoms with E-state index in [-0.39, 0.29) is 5.17 Å². The topological polar surface area (TPSA) is 65.2 Å². The van der Waals surface area contributed by atoms with Gasteiger partial charge in [0.05, 0.1) is 0 Å². The van der Waals surface area contributed by atoms with Crippen molar-refractivity contribution in [1.29, 1.82) is 0 Å². The predicted octanol–water partition coefficient (Wildman–Crippen LogP) is 0.473. The minimum Gasteiger partial charge on any atom is -0.411 e. The molecule has 0 aliphatic heterocycles. The molecular formula is C2H3ClN2O2. The second-order valence-corrected chi connectivity index (χ2v) is 1.05. The lowest BCUT2D eigenvalue weighted by Crippen LogP contribution is -1.85. The zero-order chi connectivity index (χ0) is 5.70. The standard InChI is InChI=1S/C2H3ClN2O2/c3-2(5-7)1-4-6/h1,6-7H/b4-1?,5-2-. The van der Waals surface area contributed by atoms with Crippen molar-refractivity contribution in [2.45, 2.75) is 0 Å². The van der Waals surface area contributed by atoms with Gasteiger partial charge in [-0.1, -0.05) is 21.9 Å². The summed E-state index contributed by atoms with van der Waals surface area (Å²) in [7, 11) is 0. The van der Waals surface area contributed by atoms with E-state index in [2.05, 4.69) is 10.3 Å². The lowest BCUT2D eigenvalue weighted by molar-refractivity contribution is 0.317. The lowest BCUT2D eigenvalue weighted by atomic mass is 10.8. The van der Waals surface area contributed by atoms with Gasteiger partial charge in [-0.15, -0.1) is 0 Å². The summed E-state index contributed by atoms with van der Waals surface area (Å²) in [6.07, 6.45) is 0.793. The fourth-order valence-corrected chi connectivity index (χ4v) is 0.117. The first-order valence-corrected chi connectivity index (χ1v) is 1.74. The summed E-state index contributed by atoms with van der Waals surface area (Å²) >= 11 is 4.96. The second kappa shape index (κ2) is 3.42. The molecule has 40 valence electrons. The van der Waals surface area contributed by atoms with Gasteiger partial charge in [-0.05, 0) is 0 Å². The van der Waals surface area contributed by atoms with Crippen LogP contribution in [0.25, 0.3) is 0 Å². The summed E-state index contributed by atoms with van der Waals surface area (Å²) in [5.74, 6) is 0. The first-order chi connectivity index (χ1) is 3.31. The Morgan fingerprint density at radius 2 is 2.14 bits per heavy atom. The molecule has 0 aliphatic carbocycles. The highest BCUT2D eigenvalue weighted by Crippen LogP contribution is 1.76. The van der Waals surface area contributed by atoms with Crippen molar-refractivity contribution < 1.29 is 10.4 Å². The minimum atomic E-state index is -0.262. The van der Waals surface area contributed by atoms with Crippen LogP contribution in [0.5, 0.6) is 0 Å². The first-order valence-electron chi connectivity index (χ1n) is 1.36. The molecule has 0 bridgehead atoms. The second-order valence-electron chi connectivity index (χ2n) is 0.667. The van der Waals surface area contributed by atoms with Crippen molar-refractivity contribution in [2.75, 3.05) is 0 Å². The quantitative estimate of drug-likeness (QED) is 0.302. The zero-order valence-corrected chi connectivity index (χ0v) is 4.00. The van der Waals surface area contributed by atoms with Gasteiger partial charge in [0.15, 0.2) is 5.17 Å². The van der Waals surface area contributed by atoms with Gasteiger partial charge in [-0.2, -0.15) is 0 Å². The predicted molar refractivity (Wildman–Crippen MR) is 25.4 cm³/mol. The van der Waals surface area contributed by atoms with E-state index < -0.39 is 0 Å². The molecule has 0 saturated heterocycles. The summed E-state index contributed by atoms with van der Waals surface area (Å²) in [5.41, 5.74) is 0. The first kappa shape index (κ1) is 6.23. The average molecular weight is 123 g/mol. The third-order valence-corrected chi connectivity index (χ3v) is 0.433. The molecule has 2 N–H and O–H groups in total. The van der Waals surface area contributed by atoms with Gasteiger partial charge in [0, 0.05) is 0 Å². The summed E-state index contributed by atoms with van der Waals surface area (Å²) in [4.78, 5) is 0. The van der Waals surface area contributed by atoms with E-state index in [9.17, 15) is 0 Å². The van der Waals surface area contributed by atoms with Crippen molar-refractivity contribution >= 4 is 23.0 Å². The molecule has 7 heavy (non-hydrogen) atoms. The summed E-state index contributed by atoms with van der Waals surface area (Å²) in [6.45, 7) is 0. The highest BCUT2D eigenvalue weighted by atomic mass is 35.5. The average Bonchev–Trinajstić information content (AvgIpc) is 1.68. The molecule has 0 unspecified atom stereocenters. The number of hydrogen-bond acceptors (Lipinski definition) is 4. The number of rotatable bonds is 1. The molecule has 0 aromatic heterocycles. The molecule has 0 rings (SSSR count). The van der Waals surface area contributed by atoms with E-state index in [0.717, 1.165) is 6.21 Å². The van der Waals surface area contributed by atoms with E-state index in [1.54, 1.807) is 0 Å². The van der Waals surface area contributed by atoms with Crippen LogP contribution in [0.3, 0.4) is 0 Å². The Morgan fingerprint density at radius 3 is 2.29 bits per heavy atom. The number of nitrogens with zero attached hydrogens (tertiary/aromatic N) is 2. The molecule has 0 aromatic rings. The SMILES string of the molecule is ON=C/C(Cl)=N/O. The maximum atomic E-state index is 7.72. The molecule has 0 radical (unpaired) electrons. The largest absolute Gasteiger partial charge is 0.411 e. The van der Waals surface area contributed by atoms with Crippen LogP contribution in [-0.2, 0) is 0 Å². The number of hydrogen-bond donors (Lipinski definition) is 2. The summed E-state index contributed by atoms with van der Waals surface area (Å²) in [5, 5.41) is 20.0. The Labute approximate surface area is 44.7 Å². The van der Waals surface area contributed by atoms with Gasteiger partial charge in [0.2, 0.25) is 0 Å². The number of halogens is 1. The van der Waals surface area contributed by atoms with E-state index in [4.69, 9.17) is 22.0 Å². The van der Waals surface area contributed by atoms with Crippen molar-refractivity contribution in [3.63, 3.8) is 0 Å². The van der Waals surface area contributed by atoms with Gasteiger partial charge >= 0.3 is 0 Å². The van der Waals surface area contributed by atoms with Gasteiger partial charge in [-0.3, -0.25) is 0 Å². The highest BCUT2D eigenvalue weighted by Gasteiger charge is 1.81. The van der Waals surface area contributed by atoms with E-state index in [1.165, 1.54) is 0 Å². The third kappa shape index (κ3) is 3.05. The molecule has 0 aliphatic rings. The fourth-order valence-electron chi connectivity index (χ4n) is 0.0735. The maximum absolute atomic E-state index is 7.72. The molecule has 4 nitrogen and oxygen atoms in total. The summed E-state index contributed by atoms with van der Waals surface area (Å²) in [6, 6.07) is 0. The maximum Gasteiger partial charge on any atom is 0.189 e. The van der Waals surface area contributed by atoms with Gasteiger partial charge < -0.3 is 10.4 Å². The Balaban J connectivity index is 3.58. The minimum absolute atomic E-state index is 0.262. The highest BCUT2D eigenvalue weighted by molar-refractivity contribution is 6.79. The normalized spacial score (nSPS) is 13.0. The molecule has 0 amide bonds. The molecular weight excluding hydrogens is 119 g/mol. The van der Waals surface area contributed by atoms with Crippen molar-refractivity contribution in [3.05, 3.63) is 0 Å². The van der Waals surface area contributed by atoms with Gasteiger partial charge in [-0.25, -0.2) is 0 Å². The van der Waals surface area contributed by atoms with E-state index in [0.29, 0.717) is 0 Å².